The number of piperidine rings is 1. The lowest BCUT2D eigenvalue weighted by Gasteiger charge is -2.32. The van der Waals surface area contributed by atoms with E-state index in [1.165, 1.54) is 6.07 Å². The van der Waals surface area contributed by atoms with Gasteiger partial charge in [-0.1, -0.05) is 6.07 Å². The molecule has 0 atom stereocenters. The van der Waals surface area contributed by atoms with Gasteiger partial charge in [0.2, 0.25) is 0 Å². The molecule has 2 rings (SSSR count). The van der Waals surface area contributed by atoms with Gasteiger partial charge in [-0.3, -0.25) is 0 Å². The molecule has 1 aliphatic heterocycles. The van der Waals surface area contributed by atoms with Crippen LogP contribution in [-0.2, 0) is 6.42 Å². The van der Waals surface area contributed by atoms with Crippen molar-refractivity contribution in [2.45, 2.75) is 31.3 Å². The minimum Gasteiger partial charge on any atom is -0.390 e. The molecule has 0 unspecified atom stereocenters. The number of nitrogens with zero attached hydrogens (tertiary/aromatic N) is 1. The van der Waals surface area contributed by atoms with Gasteiger partial charge in [-0.05, 0) is 56.5 Å². The van der Waals surface area contributed by atoms with Crippen molar-refractivity contribution >= 4 is 0 Å². The molecule has 1 heterocycles. The molecule has 2 N–H and O–H groups in total. The van der Waals surface area contributed by atoms with Crippen LogP contribution < -0.4 is 5.32 Å². The molecule has 1 aromatic carbocycles. The predicted molar refractivity (Wildman–Crippen MR) is 66.5 cm³/mol. The minimum atomic E-state index is -0.619. The van der Waals surface area contributed by atoms with E-state index in [4.69, 9.17) is 5.26 Å². The van der Waals surface area contributed by atoms with E-state index in [9.17, 15) is 9.50 Å². The Bertz CT molecular complexity index is 461. The molecule has 4 heteroatoms. The van der Waals surface area contributed by atoms with Crippen LogP contribution in [0.1, 0.15) is 30.4 Å². The third-order valence-electron chi connectivity index (χ3n) is 3.56. The third kappa shape index (κ3) is 3.06. The molecule has 1 aromatic rings. The number of rotatable bonds is 3. The number of benzene rings is 1. The van der Waals surface area contributed by atoms with E-state index in [2.05, 4.69) is 5.32 Å². The fourth-order valence-corrected chi connectivity index (χ4v) is 2.33. The molecule has 0 bridgehead atoms. The number of halogens is 1. The monoisotopic (exact) mass is 248 g/mol. The largest absolute Gasteiger partial charge is 0.390 e. The molecular weight excluding hydrogens is 231 g/mol. The van der Waals surface area contributed by atoms with Crippen molar-refractivity contribution in [1.82, 2.24) is 5.32 Å². The van der Waals surface area contributed by atoms with Crippen LogP contribution >= 0.6 is 0 Å². The van der Waals surface area contributed by atoms with Crippen LogP contribution in [0.3, 0.4) is 0 Å². The highest BCUT2D eigenvalue weighted by Gasteiger charge is 2.28. The first-order valence-corrected chi connectivity index (χ1v) is 6.25. The van der Waals surface area contributed by atoms with Crippen molar-refractivity contribution in [2.24, 2.45) is 0 Å². The molecule has 18 heavy (non-hydrogen) atoms. The summed E-state index contributed by atoms with van der Waals surface area (Å²) in [7, 11) is 0. The third-order valence-corrected chi connectivity index (χ3v) is 3.56. The summed E-state index contributed by atoms with van der Waals surface area (Å²) in [6.07, 6.45) is 2.83. The van der Waals surface area contributed by atoms with E-state index in [0.29, 0.717) is 12.8 Å². The number of hydrogen-bond donors (Lipinski definition) is 2. The van der Waals surface area contributed by atoms with Crippen LogP contribution in [0, 0.1) is 17.1 Å². The SMILES string of the molecule is N#Cc1cc(CCC2(O)CCNCC2)ccc1F. The number of aryl methyl sites for hydroxylation is 1. The van der Waals surface area contributed by atoms with Gasteiger partial charge < -0.3 is 10.4 Å². The molecule has 0 amide bonds. The highest BCUT2D eigenvalue weighted by Crippen LogP contribution is 2.24. The Morgan fingerprint density at radius 2 is 2.11 bits per heavy atom. The molecule has 1 saturated heterocycles. The van der Waals surface area contributed by atoms with Crippen molar-refractivity contribution in [1.29, 1.82) is 5.26 Å². The molecule has 96 valence electrons. The minimum absolute atomic E-state index is 0.0739. The Labute approximate surface area is 106 Å². The lowest BCUT2D eigenvalue weighted by molar-refractivity contribution is 0.00281. The molecule has 0 spiro atoms. The quantitative estimate of drug-likeness (QED) is 0.856. The first-order valence-electron chi connectivity index (χ1n) is 6.25. The highest BCUT2D eigenvalue weighted by atomic mass is 19.1. The standard InChI is InChI=1S/C14H17FN2O/c15-13-2-1-11(9-12(13)10-16)3-4-14(18)5-7-17-8-6-14/h1-2,9,17-18H,3-8H2. The summed E-state index contributed by atoms with van der Waals surface area (Å²) in [4.78, 5) is 0. The summed E-state index contributed by atoms with van der Waals surface area (Å²) in [6, 6.07) is 6.41. The lowest BCUT2D eigenvalue weighted by atomic mass is 9.86. The topological polar surface area (TPSA) is 56.0 Å². The zero-order valence-electron chi connectivity index (χ0n) is 10.2. The van der Waals surface area contributed by atoms with Gasteiger partial charge in [-0.25, -0.2) is 4.39 Å². The second kappa shape index (κ2) is 5.47. The van der Waals surface area contributed by atoms with Crippen LogP contribution in [0.5, 0.6) is 0 Å². The average Bonchev–Trinajstić information content (AvgIpc) is 2.39. The van der Waals surface area contributed by atoms with Gasteiger partial charge in [-0.15, -0.1) is 0 Å². The van der Waals surface area contributed by atoms with E-state index >= 15 is 0 Å². The number of nitriles is 1. The molecule has 0 radical (unpaired) electrons. The maximum Gasteiger partial charge on any atom is 0.140 e. The van der Waals surface area contributed by atoms with Crippen LogP contribution in [-0.4, -0.2) is 23.8 Å². The van der Waals surface area contributed by atoms with Crippen LogP contribution in [0.15, 0.2) is 18.2 Å². The summed E-state index contributed by atoms with van der Waals surface area (Å²) in [5.74, 6) is -0.484. The van der Waals surface area contributed by atoms with E-state index in [-0.39, 0.29) is 5.56 Å². The average molecular weight is 248 g/mol. The van der Waals surface area contributed by atoms with Gasteiger partial charge in [0.25, 0.3) is 0 Å². The molecule has 0 saturated carbocycles. The van der Waals surface area contributed by atoms with Crippen LogP contribution in [0.2, 0.25) is 0 Å². The molecule has 1 aliphatic rings. The van der Waals surface area contributed by atoms with Crippen molar-refractivity contribution < 1.29 is 9.50 Å². The van der Waals surface area contributed by atoms with E-state index in [1.54, 1.807) is 12.1 Å². The van der Waals surface area contributed by atoms with Gasteiger partial charge >= 0.3 is 0 Å². The summed E-state index contributed by atoms with van der Waals surface area (Å²) in [6.45, 7) is 1.67. The van der Waals surface area contributed by atoms with Gasteiger partial charge in [0.05, 0.1) is 11.2 Å². The summed E-state index contributed by atoms with van der Waals surface area (Å²) >= 11 is 0. The number of aliphatic hydroxyl groups is 1. The summed E-state index contributed by atoms with van der Waals surface area (Å²) in [5.41, 5.74) is 0.358. The summed E-state index contributed by atoms with van der Waals surface area (Å²) < 4.78 is 13.2. The maximum absolute atomic E-state index is 13.2. The second-order valence-corrected chi connectivity index (χ2v) is 4.90. The van der Waals surface area contributed by atoms with E-state index in [0.717, 1.165) is 31.5 Å². The van der Waals surface area contributed by atoms with Gasteiger partial charge in [0.15, 0.2) is 0 Å². The zero-order valence-corrected chi connectivity index (χ0v) is 10.2. The normalized spacial score (nSPS) is 18.3. The van der Waals surface area contributed by atoms with Gasteiger partial charge in [-0.2, -0.15) is 5.26 Å². The molecule has 0 aliphatic carbocycles. The van der Waals surface area contributed by atoms with Crippen molar-refractivity contribution in [3.05, 3.63) is 35.1 Å². The Balaban J connectivity index is 2.00. The Hall–Kier alpha value is -1.44. The molecular formula is C14H17FN2O. The second-order valence-electron chi connectivity index (χ2n) is 4.90. The van der Waals surface area contributed by atoms with E-state index < -0.39 is 11.4 Å². The van der Waals surface area contributed by atoms with Crippen molar-refractivity contribution in [3.8, 4) is 6.07 Å². The Morgan fingerprint density at radius 1 is 1.39 bits per heavy atom. The van der Waals surface area contributed by atoms with E-state index in [1.807, 2.05) is 6.07 Å². The summed E-state index contributed by atoms with van der Waals surface area (Å²) in [5, 5.41) is 22.3. The number of hydrogen-bond acceptors (Lipinski definition) is 3. The first kappa shape index (κ1) is 13.0. The molecule has 0 aromatic heterocycles. The lowest BCUT2D eigenvalue weighted by Crippen LogP contribution is -2.42. The first-order chi connectivity index (χ1) is 8.63. The fraction of sp³-hybridized carbons (Fsp3) is 0.500. The van der Waals surface area contributed by atoms with Crippen LogP contribution in [0.25, 0.3) is 0 Å². The fourth-order valence-electron chi connectivity index (χ4n) is 2.33. The smallest absolute Gasteiger partial charge is 0.140 e. The van der Waals surface area contributed by atoms with Crippen molar-refractivity contribution in [3.63, 3.8) is 0 Å². The predicted octanol–water partition coefficient (Wildman–Crippen LogP) is 1.74. The highest BCUT2D eigenvalue weighted by molar-refractivity contribution is 5.34. The van der Waals surface area contributed by atoms with Gasteiger partial charge in [0.1, 0.15) is 11.9 Å². The van der Waals surface area contributed by atoms with Crippen LogP contribution in [0.4, 0.5) is 4.39 Å². The van der Waals surface area contributed by atoms with Gasteiger partial charge in [0, 0.05) is 0 Å². The molecule has 3 nitrogen and oxygen atoms in total. The zero-order chi connectivity index (χ0) is 13.0. The maximum atomic E-state index is 13.2. The molecule has 1 fully saturated rings. The van der Waals surface area contributed by atoms with Crippen molar-refractivity contribution in [2.75, 3.05) is 13.1 Å². The Morgan fingerprint density at radius 3 is 2.78 bits per heavy atom. The number of nitrogens with one attached hydrogen (secondary N) is 1. The Kier molecular flexibility index (Phi) is 3.95.